The van der Waals surface area contributed by atoms with Crippen molar-refractivity contribution in [2.45, 2.75) is 0 Å². The van der Waals surface area contributed by atoms with E-state index < -0.39 is 21.2 Å². The maximum Gasteiger partial charge on any atom is 0.307 e. The van der Waals surface area contributed by atoms with Crippen LogP contribution >= 0.6 is 0 Å². The molecule has 0 amide bonds. The van der Waals surface area contributed by atoms with Crippen LogP contribution in [0, 0.1) is 20.2 Å². The highest BCUT2D eigenvalue weighted by Crippen LogP contribution is 2.39. The molecule has 0 aliphatic rings. The molecule has 25 heavy (non-hydrogen) atoms. The molecule has 128 valence electrons. The molecule has 0 spiro atoms. The van der Waals surface area contributed by atoms with Gasteiger partial charge < -0.3 is 10.2 Å². The summed E-state index contributed by atoms with van der Waals surface area (Å²) >= 11 is 0. The van der Waals surface area contributed by atoms with E-state index in [-0.39, 0.29) is 16.7 Å². The fourth-order valence-electron chi connectivity index (χ4n) is 2.31. The minimum atomic E-state index is -0.769. The molecule has 11 heteroatoms. The molecular formula is C14H12N6O5. The standard InChI is InChI=1S/C14H12N6O5/c1-18(2)9-5-3-8(4-6-9)15-12-10(19(21)22)7-11(20(23)24)13-14(12)17-25-16-13/h3-7,15H,1-2H3. The summed E-state index contributed by atoms with van der Waals surface area (Å²) in [5, 5.41) is 32.4. The number of fused-ring (bicyclic) bond motifs is 1. The highest BCUT2D eigenvalue weighted by molar-refractivity contribution is 6.00. The zero-order valence-electron chi connectivity index (χ0n) is 13.2. The van der Waals surface area contributed by atoms with Crippen molar-refractivity contribution in [1.82, 2.24) is 10.3 Å². The van der Waals surface area contributed by atoms with E-state index in [9.17, 15) is 20.2 Å². The zero-order chi connectivity index (χ0) is 18.1. The minimum Gasteiger partial charge on any atom is -0.378 e. The van der Waals surface area contributed by atoms with E-state index in [1.807, 2.05) is 31.1 Å². The molecule has 3 aromatic rings. The number of rotatable bonds is 5. The molecule has 0 unspecified atom stereocenters. The van der Waals surface area contributed by atoms with E-state index >= 15 is 0 Å². The highest BCUT2D eigenvalue weighted by Gasteiger charge is 2.29. The third-order valence-electron chi connectivity index (χ3n) is 3.54. The lowest BCUT2D eigenvalue weighted by molar-refractivity contribution is -0.392. The number of hydrogen-bond donors (Lipinski definition) is 1. The average molecular weight is 344 g/mol. The Kier molecular flexibility index (Phi) is 3.89. The van der Waals surface area contributed by atoms with Gasteiger partial charge in [-0.2, -0.15) is 0 Å². The zero-order valence-corrected chi connectivity index (χ0v) is 13.2. The Balaban J connectivity index is 2.13. The van der Waals surface area contributed by atoms with Crippen molar-refractivity contribution in [2.75, 3.05) is 24.3 Å². The van der Waals surface area contributed by atoms with Gasteiger partial charge in [-0.05, 0) is 34.6 Å². The predicted octanol–water partition coefficient (Wildman–Crippen LogP) is 2.85. The van der Waals surface area contributed by atoms with Crippen LogP contribution in [-0.2, 0) is 0 Å². The Morgan fingerprint density at radius 1 is 1.00 bits per heavy atom. The summed E-state index contributed by atoms with van der Waals surface area (Å²) < 4.78 is 4.55. The van der Waals surface area contributed by atoms with Crippen LogP contribution in [0.1, 0.15) is 0 Å². The lowest BCUT2D eigenvalue weighted by atomic mass is 10.2. The van der Waals surface area contributed by atoms with Crippen molar-refractivity contribution < 1.29 is 14.5 Å². The second kappa shape index (κ2) is 6.03. The van der Waals surface area contributed by atoms with Gasteiger partial charge in [-0.3, -0.25) is 20.2 Å². The van der Waals surface area contributed by atoms with Crippen molar-refractivity contribution in [2.24, 2.45) is 0 Å². The fourth-order valence-corrected chi connectivity index (χ4v) is 2.31. The Labute approximate surface area is 140 Å². The van der Waals surface area contributed by atoms with Crippen molar-refractivity contribution in [3.63, 3.8) is 0 Å². The van der Waals surface area contributed by atoms with Gasteiger partial charge in [0, 0.05) is 25.5 Å². The summed E-state index contributed by atoms with van der Waals surface area (Å²) in [6.07, 6.45) is 0. The average Bonchev–Trinajstić information content (AvgIpc) is 3.04. The van der Waals surface area contributed by atoms with E-state index in [0.717, 1.165) is 11.8 Å². The lowest BCUT2D eigenvalue weighted by Gasteiger charge is -2.13. The van der Waals surface area contributed by atoms with Gasteiger partial charge in [-0.1, -0.05) is 0 Å². The topological polar surface area (TPSA) is 140 Å². The van der Waals surface area contributed by atoms with Crippen LogP contribution in [0.5, 0.6) is 0 Å². The summed E-state index contributed by atoms with van der Waals surface area (Å²) in [6, 6.07) is 7.91. The summed E-state index contributed by atoms with van der Waals surface area (Å²) in [5.74, 6) is 0. The second-order valence-electron chi connectivity index (χ2n) is 5.33. The van der Waals surface area contributed by atoms with Crippen LogP contribution in [0.4, 0.5) is 28.4 Å². The van der Waals surface area contributed by atoms with Gasteiger partial charge >= 0.3 is 11.4 Å². The van der Waals surface area contributed by atoms with E-state index in [2.05, 4.69) is 20.3 Å². The van der Waals surface area contributed by atoms with Gasteiger partial charge in [0.25, 0.3) is 0 Å². The molecule has 0 aliphatic heterocycles. The van der Waals surface area contributed by atoms with Crippen LogP contribution in [0.25, 0.3) is 11.0 Å². The lowest BCUT2D eigenvalue weighted by Crippen LogP contribution is -2.08. The molecule has 1 N–H and O–H groups in total. The third-order valence-corrected chi connectivity index (χ3v) is 3.54. The van der Waals surface area contributed by atoms with Gasteiger partial charge in [0.1, 0.15) is 5.69 Å². The molecule has 3 rings (SSSR count). The molecular weight excluding hydrogens is 332 g/mol. The van der Waals surface area contributed by atoms with Gasteiger partial charge in [-0.25, -0.2) is 4.63 Å². The molecule has 0 fully saturated rings. The number of nitrogens with one attached hydrogen (secondary N) is 1. The van der Waals surface area contributed by atoms with E-state index in [4.69, 9.17) is 0 Å². The molecule has 0 atom stereocenters. The first kappa shape index (κ1) is 16.1. The van der Waals surface area contributed by atoms with Crippen molar-refractivity contribution in [3.8, 4) is 0 Å². The molecule has 1 aromatic heterocycles. The maximum atomic E-state index is 11.4. The Morgan fingerprint density at radius 2 is 1.60 bits per heavy atom. The van der Waals surface area contributed by atoms with Crippen LogP contribution in [0.2, 0.25) is 0 Å². The minimum absolute atomic E-state index is 0.0237. The molecule has 2 aromatic carbocycles. The number of nitro groups is 2. The number of nitrogens with zero attached hydrogens (tertiary/aromatic N) is 5. The van der Waals surface area contributed by atoms with Crippen molar-refractivity contribution in [1.29, 1.82) is 0 Å². The summed E-state index contributed by atoms with van der Waals surface area (Å²) in [5.41, 5.74) is 0.178. The van der Waals surface area contributed by atoms with E-state index in [1.165, 1.54) is 0 Å². The molecule has 0 radical (unpaired) electrons. The first-order valence-electron chi connectivity index (χ1n) is 7.01. The van der Waals surface area contributed by atoms with Crippen LogP contribution in [-0.4, -0.2) is 34.3 Å². The molecule has 0 saturated carbocycles. The molecule has 1 heterocycles. The normalized spacial score (nSPS) is 10.6. The van der Waals surface area contributed by atoms with Crippen LogP contribution in [0.3, 0.4) is 0 Å². The monoisotopic (exact) mass is 344 g/mol. The Bertz CT molecular complexity index is 966. The number of aromatic nitrogens is 2. The van der Waals surface area contributed by atoms with Crippen LogP contribution in [0.15, 0.2) is 35.0 Å². The van der Waals surface area contributed by atoms with Gasteiger partial charge in [0.05, 0.1) is 15.9 Å². The number of anilines is 3. The molecule has 0 saturated heterocycles. The first-order valence-corrected chi connectivity index (χ1v) is 7.01. The second-order valence-corrected chi connectivity index (χ2v) is 5.33. The Hall–Kier alpha value is -3.76. The van der Waals surface area contributed by atoms with Gasteiger partial charge in [-0.15, -0.1) is 0 Å². The van der Waals surface area contributed by atoms with Crippen molar-refractivity contribution in [3.05, 3.63) is 50.6 Å². The van der Waals surface area contributed by atoms with E-state index in [0.29, 0.717) is 5.69 Å². The van der Waals surface area contributed by atoms with Gasteiger partial charge in [0.15, 0.2) is 5.52 Å². The largest absolute Gasteiger partial charge is 0.378 e. The SMILES string of the molecule is CN(C)c1ccc(Nc2c([N+](=O)[O-])cc([N+](=O)[O-])c3nonc23)cc1. The predicted molar refractivity (Wildman–Crippen MR) is 89.2 cm³/mol. The van der Waals surface area contributed by atoms with Gasteiger partial charge in [0.2, 0.25) is 5.52 Å². The summed E-state index contributed by atoms with van der Waals surface area (Å²) in [7, 11) is 3.77. The quantitative estimate of drug-likeness (QED) is 0.546. The van der Waals surface area contributed by atoms with Crippen LogP contribution < -0.4 is 10.2 Å². The summed E-state index contributed by atoms with van der Waals surface area (Å²) in [4.78, 5) is 22.9. The smallest absolute Gasteiger partial charge is 0.307 e. The molecule has 11 nitrogen and oxygen atoms in total. The number of benzene rings is 2. The maximum absolute atomic E-state index is 11.4. The first-order chi connectivity index (χ1) is 11.9. The fraction of sp³-hybridized carbons (Fsp3) is 0.143. The summed E-state index contributed by atoms with van der Waals surface area (Å²) in [6.45, 7) is 0. The number of non-ortho nitro benzene ring substituents is 1. The highest BCUT2D eigenvalue weighted by atomic mass is 16.6. The van der Waals surface area contributed by atoms with E-state index in [1.54, 1.807) is 12.1 Å². The number of nitro benzene ring substituents is 2. The third kappa shape index (κ3) is 2.89. The van der Waals surface area contributed by atoms with Crippen molar-refractivity contribution >= 4 is 39.5 Å². The Morgan fingerprint density at radius 3 is 2.16 bits per heavy atom. The molecule has 0 bridgehead atoms. The molecule has 0 aliphatic carbocycles. The number of hydrogen-bond acceptors (Lipinski definition) is 9.